The predicted octanol–water partition coefficient (Wildman–Crippen LogP) is 4.12. The first kappa shape index (κ1) is 18.0. The molecular weight excluding hydrogens is 352 g/mol. The highest BCUT2D eigenvalue weighted by molar-refractivity contribution is 7.99. The van der Waals surface area contributed by atoms with Gasteiger partial charge in [0, 0.05) is 11.3 Å². The molecule has 0 saturated carbocycles. The van der Waals surface area contributed by atoms with Crippen LogP contribution in [0.25, 0.3) is 11.5 Å². The lowest BCUT2D eigenvalue weighted by atomic mass is 10.1. The first-order chi connectivity index (χ1) is 12.7. The van der Waals surface area contributed by atoms with E-state index in [9.17, 15) is 4.79 Å². The van der Waals surface area contributed by atoms with Crippen LogP contribution in [0.1, 0.15) is 17.3 Å². The van der Waals surface area contributed by atoms with E-state index in [1.807, 2.05) is 36.4 Å². The van der Waals surface area contributed by atoms with Gasteiger partial charge >= 0.3 is 0 Å². The molecule has 0 atom stereocenters. The first-order valence-electron chi connectivity index (χ1n) is 8.01. The van der Waals surface area contributed by atoms with Gasteiger partial charge in [0.1, 0.15) is 11.5 Å². The van der Waals surface area contributed by atoms with Crippen molar-refractivity contribution in [3.05, 3.63) is 54.1 Å². The van der Waals surface area contributed by atoms with Gasteiger partial charge in [0.15, 0.2) is 5.78 Å². The van der Waals surface area contributed by atoms with Crippen LogP contribution in [0.15, 0.2) is 58.2 Å². The number of methoxy groups -OCH3 is 1. The SMILES string of the molecule is COc1ccc(-c2nnc(SCCOc3ccccc3C(C)=O)o2)cc1. The van der Waals surface area contributed by atoms with Gasteiger partial charge in [0.2, 0.25) is 5.89 Å². The molecule has 1 heterocycles. The summed E-state index contributed by atoms with van der Waals surface area (Å²) in [5, 5.41) is 8.55. The van der Waals surface area contributed by atoms with Gasteiger partial charge in [0.05, 0.1) is 19.3 Å². The number of aromatic nitrogens is 2. The second-order valence-electron chi connectivity index (χ2n) is 5.35. The number of hydrogen-bond acceptors (Lipinski definition) is 7. The maximum Gasteiger partial charge on any atom is 0.276 e. The first-order valence-corrected chi connectivity index (χ1v) is 8.99. The van der Waals surface area contributed by atoms with Crippen LogP contribution in [0.3, 0.4) is 0 Å². The molecule has 0 bridgehead atoms. The van der Waals surface area contributed by atoms with E-state index in [0.717, 1.165) is 11.3 Å². The number of benzene rings is 2. The Bertz CT molecular complexity index is 877. The molecule has 0 aliphatic carbocycles. The molecule has 0 amide bonds. The minimum atomic E-state index is -0.0192. The van der Waals surface area contributed by atoms with Crippen LogP contribution in [-0.2, 0) is 0 Å². The van der Waals surface area contributed by atoms with E-state index in [1.165, 1.54) is 18.7 Å². The minimum absolute atomic E-state index is 0.0192. The monoisotopic (exact) mass is 370 g/mol. The molecule has 7 heteroatoms. The van der Waals surface area contributed by atoms with Crippen LogP contribution >= 0.6 is 11.8 Å². The Hall–Kier alpha value is -2.80. The van der Waals surface area contributed by atoms with Gasteiger partial charge in [-0.1, -0.05) is 23.9 Å². The fourth-order valence-electron chi connectivity index (χ4n) is 2.28. The summed E-state index contributed by atoms with van der Waals surface area (Å²) in [6.45, 7) is 1.95. The number of carbonyl (C=O) groups excluding carboxylic acids is 1. The zero-order valence-electron chi connectivity index (χ0n) is 14.5. The van der Waals surface area contributed by atoms with E-state index < -0.39 is 0 Å². The lowest BCUT2D eigenvalue weighted by Crippen LogP contribution is -2.04. The molecule has 0 radical (unpaired) electrons. The van der Waals surface area contributed by atoms with E-state index in [0.29, 0.717) is 34.8 Å². The highest BCUT2D eigenvalue weighted by Crippen LogP contribution is 2.25. The Labute approximate surface area is 155 Å². The Balaban J connectivity index is 1.53. The van der Waals surface area contributed by atoms with E-state index in [2.05, 4.69) is 10.2 Å². The summed E-state index contributed by atoms with van der Waals surface area (Å²) in [6, 6.07) is 14.6. The van der Waals surface area contributed by atoms with Crippen LogP contribution in [0.5, 0.6) is 11.5 Å². The third kappa shape index (κ3) is 4.43. The van der Waals surface area contributed by atoms with Gasteiger partial charge in [-0.2, -0.15) is 0 Å². The molecule has 3 rings (SSSR count). The Morgan fingerprint density at radius 1 is 1.12 bits per heavy atom. The third-order valence-electron chi connectivity index (χ3n) is 3.58. The average Bonchev–Trinajstić information content (AvgIpc) is 3.14. The summed E-state index contributed by atoms with van der Waals surface area (Å²) in [6.07, 6.45) is 0. The predicted molar refractivity (Wildman–Crippen MR) is 99.0 cm³/mol. The number of Topliss-reactive ketones (excluding diaryl/α,β-unsaturated/α-hetero) is 1. The second kappa shape index (κ2) is 8.53. The van der Waals surface area contributed by atoms with Gasteiger partial charge in [0.25, 0.3) is 5.22 Å². The van der Waals surface area contributed by atoms with Crippen molar-refractivity contribution in [2.75, 3.05) is 19.5 Å². The molecular formula is C19H18N2O4S. The minimum Gasteiger partial charge on any atom is -0.497 e. The van der Waals surface area contributed by atoms with Crippen molar-refractivity contribution in [1.29, 1.82) is 0 Å². The van der Waals surface area contributed by atoms with Crippen LogP contribution < -0.4 is 9.47 Å². The molecule has 26 heavy (non-hydrogen) atoms. The molecule has 1 aromatic heterocycles. The fraction of sp³-hybridized carbons (Fsp3) is 0.211. The topological polar surface area (TPSA) is 74.5 Å². The lowest BCUT2D eigenvalue weighted by Gasteiger charge is -2.08. The standard InChI is InChI=1S/C19H18N2O4S/c1-13(22)16-5-3-4-6-17(16)24-11-12-26-19-21-20-18(25-19)14-7-9-15(23-2)10-8-14/h3-10H,11-12H2,1-2H3. The number of carbonyl (C=O) groups is 1. The molecule has 0 spiro atoms. The Morgan fingerprint density at radius 3 is 2.62 bits per heavy atom. The number of nitrogens with zero attached hydrogens (tertiary/aromatic N) is 2. The highest BCUT2D eigenvalue weighted by Gasteiger charge is 2.10. The summed E-state index contributed by atoms with van der Waals surface area (Å²) in [4.78, 5) is 11.6. The third-order valence-corrected chi connectivity index (χ3v) is 4.36. The maximum absolute atomic E-state index is 11.6. The normalized spacial score (nSPS) is 10.5. The van der Waals surface area contributed by atoms with Crippen molar-refractivity contribution >= 4 is 17.5 Å². The van der Waals surface area contributed by atoms with Gasteiger partial charge in [-0.25, -0.2) is 0 Å². The quantitative estimate of drug-likeness (QED) is 0.335. The van der Waals surface area contributed by atoms with Gasteiger partial charge in [-0.3, -0.25) is 4.79 Å². The smallest absolute Gasteiger partial charge is 0.276 e. The van der Waals surface area contributed by atoms with Crippen LogP contribution in [0.4, 0.5) is 0 Å². The average molecular weight is 370 g/mol. The highest BCUT2D eigenvalue weighted by atomic mass is 32.2. The van der Waals surface area contributed by atoms with Gasteiger partial charge in [-0.15, -0.1) is 10.2 Å². The van der Waals surface area contributed by atoms with Crippen molar-refractivity contribution in [2.24, 2.45) is 0 Å². The zero-order valence-corrected chi connectivity index (χ0v) is 15.3. The summed E-state index contributed by atoms with van der Waals surface area (Å²) < 4.78 is 16.5. The van der Waals surface area contributed by atoms with Crippen LogP contribution in [0, 0.1) is 0 Å². The Morgan fingerprint density at radius 2 is 1.88 bits per heavy atom. The molecule has 2 aromatic carbocycles. The summed E-state index contributed by atoms with van der Waals surface area (Å²) in [7, 11) is 1.62. The molecule has 0 aliphatic rings. The summed E-state index contributed by atoms with van der Waals surface area (Å²) in [5.74, 6) is 2.42. The number of ketones is 1. The zero-order chi connectivity index (χ0) is 18.4. The molecule has 0 unspecified atom stereocenters. The lowest BCUT2D eigenvalue weighted by molar-refractivity contribution is 0.101. The van der Waals surface area contributed by atoms with Crippen molar-refractivity contribution in [1.82, 2.24) is 10.2 Å². The molecule has 0 saturated heterocycles. The number of hydrogen-bond donors (Lipinski definition) is 0. The number of rotatable bonds is 8. The van der Waals surface area contributed by atoms with E-state index in [4.69, 9.17) is 13.9 Å². The molecule has 6 nitrogen and oxygen atoms in total. The number of ether oxygens (including phenoxy) is 2. The molecule has 134 valence electrons. The van der Waals surface area contributed by atoms with Crippen molar-refractivity contribution in [2.45, 2.75) is 12.1 Å². The Kier molecular flexibility index (Phi) is 5.91. The molecule has 0 fully saturated rings. The van der Waals surface area contributed by atoms with Crippen molar-refractivity contribution in [3.8, 4) is 23.0 Å². The largest absolute Gasteiger partial charge is 0.497 e. The maximum atomic E-state index is 11.6. The van der Waals surface area contributed by atoms with Crippen molar-refractivity contribution < 1.29 is 18.7 Å². The summed E-state index contributed by atoms with van der Waals surface area (Å²) >= 11 is 1.40. The van der Waals surface area contributed by atoms with Crippen LogP contribution in [-0.4, -0.2) is 35.5 Å². The van der Waals surface area contributed by atoms with Crippen molar-refractivity contribution in [3.63, 3.8) is 0 Å². The second-order valence-corrected chi connectivity index (χ2v) is 6.40. The van der Waals surface area contributed by atoms with E-state index >= 15 is 0 Å². The van der Waals surface area contributed by atoms with E-state index in [-0.39, 0.29) is 5.78 Å². The fourth-order valence-corrected chi connectivity index (χ4v) is 2.86. The summed E-state index contributed by atoms with van der Waals surface area (Å²) in [5.41, 5.74) is 1.41. The number of para-hydroxylation sites is 1. The van der Waals surface area contributed by atoms with Gasteiger partial charge < -0.3 is 13.9 Å². The molecule has 0 aliphatic heterocycles. The number of thioether (sulfide) groups is 1. The molecule has 0 N–H and O–H groups in total. The van der Waals surface area contributed by atoms with Gasteiger partial charge in [-0.05, 0) is 43.3 Å². The van der Waals surface area contributed by atoms with E-state index in [1.54, 1.807) is 19.2 Å². The molecule has 3 aromatic rings. The van der Waals surface area contributed by atoms with Crippen LogP contribution in [0.2, 0.25) is 0 Å².